The van der Waals surface area contributed by atoms with Gasteiger partial charge in [0.15, 0.2) is 0 Å². The number of nitrogens with zero attached hydrogens (tertiary/aromatic N) is 2. The van der Waals surface area contributed by atoms with Crippen molar-refractivity contribution in [2.45, 2.75) is 6.92 Å². The second-order valence-corrected chi connectivity index (χ2v) is 2.71. The first-order valence-electron chi connectivity index (χ1n) is 3.67. The molecule has 0 atom stereocenters. The van der Waals surface area contributed by atoms with Gasteiger partial charge in [0.2, 0.25) is 5.91 Å². The molecule has 66 valence electrons. The molecule has 0 spiro atoms. The van der Waals surface area contributed by atoms with Crippen LogP contribution in [0, 0.1) is 0 Å². The molecule has 1 N–H and O–H groups in total. The van der Waals surface area contributed by atoms with Gasteiger partial charge in [0, 0.05) is 41.2 Å². The summed E-state index contributed by atoms with van der Waals surface area (Å²) < 4.78 is 0. The van der Waals surface area contributed by atoms with Crippen LogP contribution in [-0.4, -0.2) is 50.2 Å². The minimum Gasteiger partial charge on any atom is -0.355 e. The largest absolute Gasteiger partial charge is 0.355 e. The normalized spacial score (nSPS) is 10.7. The SMILES string of the molecule is CC(=O)NCCN(C)N(C)C. The van der Waals surface area contributed by atoms with Crippen molar-refractivity contribution in [2.24, 2.45) is 0 Å². The molecule has 0 aliphatic heterocycles. The third-order valence-corrected chi connectivity index (χ3v) is 1.49. The number of carbonyl (C=O) groups excluding carboxylic acids is 1. The lowest BCUT2D eigenvalue weighted by atomic mass is 10.5. The Morgan fingerprint density at radius 3 is 2.27 bits per heavy atom. The Morgan fingerprint density at radius 2 is 1.91 bits per heavy atom. The van der Waals surface area contributed by atoms with Crippen LogP contribution in [0.5, 0.6) is 0 Å². The molecule has 0 saturated heterocycles. The van der Waals surface area contributed by atoms with Gasteiger partial charge in [-0.15, -0.1) is 0 Å². The Kier molecular flexibility index (Phi) is 4.81. The summed E-state index contributed by atoms with van der Waals surface area (Å²) in [7, 11) is 5.91. The second-order valence-electron chi connectivity index (χ2n) is 2.71. The highest BCUT2D eigenvalue weighted by atomic mass is 16.1. The third kappa shape index (κ3) is 5.82. The first-order chi connectivity index (χ1) is 5.04. The molecule has 0 aromatic rings. The van der Waals surface area contributed by atoms with E-state index in [-0.39, 0.29) is 5.91 Å². The van der Waals surface area contributed by atoms with Gasteiger partial charge in [0.25, 0.3) is 0 Å². The van der Waals surface area contributed by atoms with E-state index < -0.39 is 0 Å². The Bertz CT molecular complexity index is 125. The van der Waals surface area contributed by atoms with Gasteiger partial charge < -0.3 is 5.32 Å². The fourth-order valence-electron chi connectivity index (χ4n) is 0.594. The van der Waals surface area contributed by atoms with E-state index in [1.54, 1.807) is 0 Å². The summed E-state index contributed by atoms with van der Waals surface area (Å²) in [4.78, 5) is 10.5. The van der Waals surface area contributed by atoms with Crippen molar-refractivity contribution in [3.63, 3.8) is 0 Å². The Hall–Kier alpha value is -0.610. The lowest BCUT2D eigenvalue weighted by molar-refractivity contribution is -0.119. The van der Waals surface area contributed by atoms with Crippen LogP contribution in [0.25, 0.3) is 0 Å². The van der Waals surface area contributed by atoms with E-state index in [1.807, 2.05) is 31.2 Å². The summed E-state index contributed by atoms with van der Waals surface area (Å²) in [5.74, 6) is 0.0251. The summed E-state index contributed by atoms with van der Waals surface area (Å²) in [6.07, 6.45) is 0. The van der Waals surface area contributed by atoms with Crippen LogP contribution in [0.15, 0.2) is 0 Å². The summed E-state index contributed by atoms with van der Waals surface area (Å²) in [6, 6.07) is 0. The predicted molar refractivity (Wildman–Crippen MR) is 45.0 cm³/mol. The molecule has 0 rings (SSSR count). The van der Waals surface area contributed by atoms with E-state index in [4.69, 9.17) is 0 Å². The molecule has 0 radical (unpaired) electrons. The Morgan fingerprint density at radius 1 is 1.36 bits per heavy atom. The van der Waals surface area contributed by atoms with Crippen LogP contribution in [0.3, 0.4) is 0 Å². The summed E-state index contributed by atoms with van der Waals surface area (Å²) in [6.45, 7) is 3.06. The van der Waals surface area contributed by atoms with E-state index >= 15 is 0 Å². The van der Waals surface area contributed by atoms with E-state index in [9.17, 15) is 4.79 Å². The molecular formula is C7H17N3O. The van der Waals surface area contributed by atoms with E-state index in [1.165, 1.54) is 6.92 Å². The molecule has 0 bridgehead atoms. The first-order valence-corrected chi connectivity index (χ1v) is 3.67. The van der Waals surface area contributed by atoms with Crippen molar-refractivity contribution in [3.8, 4) is 0 Å². The smallest absolute Gasteiger partial charge is 0.216 e. The van der Waals surface area contributed by atoms with Crippen LogP contribution >= 0.6 is 0 Å². The topological polar surface area (TPSA) is 35.6 Å². The average Bonchev–Trinajstić information content (AvgIpc) is 1.86. The quantitative estimate of drug-likeness (QED) is 0.563. The lowest BCUT2D eigenvalue weighted by Gasteiger charge is -2.23. The third-order valence-electron chi connectivity index (χ3n) is 1.49. The molecule has 0 fully saturated rings. The van der Waals surface area contributed by atoms with E-state index in [0.29, 0.717) is 6.54 Å². The molecule has 0 aliphatic rings. The van der Waals surface area contributed by atoms with Crippen molar-refractivity contribution in [3.05, 3.63) is 0 Å². The highest BCUT2D eigenvalue weighted by Gasteiger charge is 1.98. The maximum atomic E-state index is 10.5. The second kappa shape index (κ2) is 5.09. The lowest BCUT2D eigenvalue weighted by Crippen LogP contribution is -2.39. The highest BCUT2D eigenvalue weighted by molar-refractivity contribution is 5.72. The van der Waals surface area contributed by atoms with Gasteiger partial charge in [0.1, 0.15) is 0 Å². The van der Waals surface area contributed by atoms with Gasteiger partial charge >= 0.3 is 0 Å². The monoisotopic (exact) mass is 159 g/mol. The summed E-state index contributed by atoms with van der Waals surface area (Å²) in [5.41, 5.74) is 0. The molecule has 4 nitrogen and oxygen atoms in total. The maximum Gasteiger partial charge on any atom is 0.216 e. The molecule has 0 aliphatic carbocycles. The minimum absolute atomic E-state index is 0.0251. The van der Waals surface area contributed by atoms with Crippen molar-refractivity contribution < 1.29 is 4.79 Å². The number of hydrogen-bond donors (Lipinski definition) is 1. The number of rotatable bonds is 4. The summed E-state index contributed by atoms with van der Waals surface area (Å²) in [5, 5.41) is 6.72. The number of amides is 1. The number of likely N-dealkylation sites (N-methyl/N-ethyl adjacent to an activating group) is 1. The number of nitrogens with one attached hydrogen (secondary N) is 1. The van der Waals surface area contributed by atoms with Gasteiger partial charge in [-0.05, 0) is 0 Å². The van der Waals surface area contributed by atoms with E-state index in [0.717, 1.165) is 6.54 Å². The van der Waals surface area contributed by atoms with Gasteiger partial charge in [-0.3, -0.25) is 4.79 Å². The molecule has 0 aromatic carbocycles. The fourth-order valence-corrected chi connectivity index (χ4v) is 0.594. The molecule has 0 aromatic heterocycles. The zero-order valence-electron chi connectivity index (χ0n) is 7.72. The summed E-state index contributed by atoms with van der Waals surface area (Å²) >= 11 is 0. The maximum absolute atomic E-state index is 10.5. The molecule has 4 heteroatoms. The Balaban J connectivity index is 3.31. The molecule has 0 heterocycles. The van der Waals surface area contributed by atoms with Crippen LogP contribution < -0.4 is 5.32 Å². The van der Waals surface area contributed by atoms with Gasteiger partial charge in [-0.25, -0.2) is 10.0 Å². The highest BCUT2D eigenvalue weighted by Crippen LogP contribution is 1.82. The first kappa shape index (κ1) is 10.4. The van der Waals surface area contributed by atoms with E-state index in [2.05, 4.69) is 5.32 Å². The van der Waals surface area contributed by atoms with Crippen molar-refractivity contribution in [2.75, 3.05) is 34.2 Å². The number of hydrazine groups is 1. The molecule has 0 saturated carbocycles. The number of carbonyl (C=O) groups is 1. The minimum atomic E-state index is 0.0251. The predicted octanol–water partition coefficient (Wildman–Crippen LogP) is -0.469. The van der Waals surface area contributed by atoms with Crippen LogP contribution in [-0.2, 0) is 4.79 Å². The molecule has 1 amide bonds. The fraction of sp³-hybridized carbons (Fsp3) is 0.857. The number of hydrogen-bond acceptors (Lipinski definition) is 3. The zero-order chi connectivity index (χ0) is 8.85. The van der Waals surface area contributed by atoms with Crippen LogP contribution in [0.4, 0.5) is 0 Å². The van der Waals surface area contributed by atoms with Crippen molar-refractivity contribution >= 4 is 5.91 Å². The molecule has 0 unspecified atom stereocenters. The molecular weight excluding hydrogens is 142 g/mol. The van der Waals surface area contributed by atoms with Crippen LogP contribution in [0.1, 0.15) is 6.92 Å². The van der Waals surface area contributed by atoms with Crippen molar-refractivity contribution in [1.82, 2.24) is 15.3 Å². The standard InChI is InChI=1S/C7H17N3O/c1-7(11)8-5-6-10(4)9(2)3/h5-6H2,1-4H3,(H,8,11). The van der Waals surface area contributed by atoms with Gasteiger partial charge in [-0.2, -0.15) is 0 Å². The van der Waals surface area contributed by atoms with Gasteiger partial charge in [0.05, 0.1) is 0 Å². The van der Waals surface area contributed by atoms with Crippen LogP contribution in [0.2, 0.25) is 0 Å². The van der Waals surface area contributed by atoms with Gasteiger partial charge in [-0.1, -0.05) is 0 Å². The Labute approximate surface area is 68.1 Å². The van der Waals surface area contributed by atoms with Crippen molar-refractivity contribution in [1.29, 1.82) is 0 Å². The average molecular weight is 159 g/mol. The zero-order valence-corrected chi connectivity index (χ0v) is 7.72. The molecule has 11 heavy (non-hydrogen) atoms.